The van der Waals surface area contributed by atoms with Crippen LogP contribution in [0, 0.1) is 0 Å². The Morgan fingerprint density at radius 1 is 1.43 bits per heavy atom. The molecule has 1 unspecified atom stereocenters. The first-order valence-electron chi connectivity index (χ1n) is 4.47. The molecule has 74 valence electrons. The number of hydrogen-bond donors (Lipinski definition) is 1. The topological polar surface area (TPSA) is 33.1 Å². The number of hydrogen-bond acceptors (Lipinski definition) is 4. The fraction of sp³-hybridized carbons (Fsp3) is 0.300. The molecule has 0 aliphatic rings. The van der Waals surface area contributed by atoms with E-state index in [0.29, 0.717) is 0 Å². The molecule has 0 aliphatic heterocycles. The van der Waals surface area contributed by atoms with Crippen LogP contribution in [0.4, 0.5) is 0 Å². The Morgan fingerprint density at radius 3 is 2.93 bits per heavy atom. The zero-order valence-electron chi connectivity index (χ0n) is 7.80. The van der Waals surface area contributed by atoms with Gasteiger partial charge in [0.1, 0.15) is 6.10 Å². The Morgan fingerprint density at radius 2 is 2.29 bits per heavy atom. The maximum atomic E-state index is 10.0. The summed E-state index contributed by atoms with van der Waals surface area (Å²) in [5.74, 6) is 0. The summed E-state index contributed by atoms with van der Waals surface area (Å²) in [6, 6.07) is 3.93. The third-order valence-corrected chi connectivity index (χ3v) is 3.73. The van der Waals surface area contributed by atoms with E-state index < -0.39 is 6.10 Å². The molecular weight excluding hydrogens is 214 g/mol. The molecule has 2 aromatic heterocycles. The second kappa shape index (κ2) is 4.21. The van der Waals surface area contributed by atoms with Crippen molar-refractivity contribution in [2.45, 2.75) is 19.4 Å². The Kier molecular flexibility index (Phi) is 2.96. The molecule has 2 aromatic rings. The number of aliphatic hydroxyl groups is 1. The number of aryl methyl sites for hydroxylation is 1. The van der Waals surface area contributed by atoms with Crippen molar-refractivity contribution in [1.82, 2.24) is 4.37 Å². The molecule has 0 saturated heterocycles. The minimum atomic E-state index is -0.545. The van der Waals surface area contributed by atoms with Gasteiger partial charge in [0.25, 0.3) is 0 Å². The van der Waals surface area contributed by atoms with Crippen LogP contribution in [0.5, 0.6) is 0 Å². The zero-order valence-corrected chi connectivity index (χ0v) is 9.44. The van der Waals surface area contributed by atoms with E-state index >= 15 is 0 Å². The van der Waals surface area contributed by atoms with Gasteiger partial charge in [0.05, 0.1) is 5.69 Å². The van der Waals surface area contributed by atoms with Gasteiger partial charge in [-0.2, -0.15) is 4.37 Å². The summed E-state index contributed by atoms with van der Waals surface area (Å²) >= 11 is 2.97. The lowest BCUT2D eigenvalue weighted by Crippen LogP contribution is -1.99. The molecular formula is C10H11NOS2. The Labute approximate surface area is 91.0 Å². The molecule has 0 aromatic carbocycles. The highest BCUT2D eigenvalue weighted by Crippen LogP contribution is 2.29. The van der Waals surface area contributed by atoms with Crippen LogP contribution in [-0.2, 0) is 6.42 Å². The Bertz CT molecular complexity index is 394. The van der Waals surface area contributed by atoms with E-state index in [0.717, 1.165) is 17.0 Å². The summed E-state index contributed by atoms with van der Waals surface area (Å²) < 4.78 is 4.15. The molecule has 0 saturated carbocycles. The van der Waals surface area contributed by atoms with Gasteiger partial charge in [-0.1, -0.05) is 6.92 Å². The van der Waals surface area contributed by atoms with Crippen LogP contribution in [0.1, 0.15) is 29.2 Å². The van der Waals surface area contributed by atoms with Crippen LogP contribution in [0.15, 0.2) is 22.9 Å². The van der Waals surface area contributed by atoms with E-state index in [9.17, 15) is 5.11 Å². The molecule has 0 amide bonds. The van der Waals surface area contributed by atoms with E-state index in [1.165, 1.54) is 17.1 Å². The third kappa shape index (κ3) is 1.73. The molecule has 0 radical (unpaired) electrons. The van der Waals surface area contributed by atoms with Crippen LogP contribution < -0.4 is 0 Å². The van der Waals surface area contributed by atoms with E-state index in [4.69, 9.17) is 0 Å². The predicted octanol–water partition coefficient (Wildman–Crippen LogP) is 2.85. The molecule has 0 aliphatic carbocycles. The quantitative estimate of drug-likeness (QED) is 0.871. The van der Waals surface area contributed by atoms with Crippen molar-refractivity contribution in [3.8, 4) is 0 Å². The van der Waals surface area contributed by atoms with Crippen LogP contribution >= 0.6 is 22.9 Å². The van der Waals surface area contributed by atoms with Gasteiger partial charge in [-0.05, 0) is 41.0 Å². The molecule has 0 fully saturated rings. The fourth-order valence-corrected chi connectivity index (χ4v) is 2.91. The lowest BCUT2D eigenvalue weighted by molar-refractivity contribution is 0.219. The van der Waals surface area contributed by atoms with Crippen LogP contribution in [0.2, 0.25) is 0 Å². The number of thiophene rings is 1. The smallest absolute Gasteiger partial charge is 0.131 e. The van der Waals surface area contributed by atoms with Gasteiger partial charge in [0, 0.05) is 10.3 Å². The van der Waals surface area contributed by atoms with E-state index in [1.54, 1.807) is 11.3 Å². The highest BCUT2D eigenvalue weighted by Gasteiger charge is 2.16. The standard InChI is InChI=1S/C10H11NOS2/c1-2-7-3-5-13-10(7)9(12)8-4-6-14-11-8/h3-6,9,12H,2H2,1H3. The lowest BCUT2D eigenvalue weighted by atomic mass is 10.1. The highest BCUT2D eigenvalue weighted by molar-refractivity contribution is 7.10. The van der Waals surface area contributed by atoms with Crippen LogP contribution in [0.3, 0.4) is 0 Å². The second-order valence-electron chi connectivity index (χ2n) is 2.99. The minimum Gasteiger partial charge on any atom is -0.381 e. The Balaban J connectivity index is 2.31. The zero-order chi connectivity index (χ0) is 9.97. The second-order valence-corrected chi connectivity index (χ2v) is 4.60. The highest BCUT2D eigenvalue weighted by atomic mass is 32.1. The first-order valence-corrected chi connectivity index (χ1v) is 6.19. The minimum absolute atomic E-state index is 0.545. The first-order chi connectivity index (χ1) is 6.83. The summed E-state index contributed by atoms with van der Waals surface area (Å²) in [7, 11) is 0. The maximum absolute atomic E-state index is 10.0. The molecule has 2 heterocycles. The number of nitrogens with zero attached hydrogens (tertiary/aromatic N) is 1. The summed E-state index contributed by atoms with van der Waals surface area (Å²) in [6.07, 6.45) is 0.413. The van der Waals surface area contributed by atoms with Crippen molar-refractivity contribution in [3.05, 3.63) is 39.0 Å². The molecule has 4 heteroatoms. The summed E-state index contributed by atoms with van der Waals surface area (Å²) in [5.41, 5.74) is 1.97. The van der Waals surface area contributed by atoms with Gasteiger partial charge in [-0.25, -0.2) is 0 Å². The van der Waals surface area contributed by atoms with Crippen molar-refractivity contribution < 1.29 is 5.11 Å². The average molecular weight is 225 g/mol. The molecule has 2 nitrogen and oxygen atoms in total. The monoisotopic (exact) mass is 225 g/mol. The number of rotatable bonds is 3. The molecule has 2 rings (SSSR count). The normalized spacial score (nSPS) is 13.0. The predicted molar refractivity (Wildman–Crippen MR) is 59.9 cm³/mol. The molecule has 0 spiro atoms. The van der Waals surface area contributed by atoms with Crippen molar-refractivity contribution in [3.63, 3.8) is 0 Å². The van der Waals surface area contributed by atoms with Crippen LogP contribution in [0.25, 0.3) is 0 Å². The Hall–Kier alpha value is -0.710. The number of aromatic nitrogens is 1. The van der Waals surface area contributed by atoms with Gasteiger partial charge < -0.3 is 5.11 Å². The molecule has 0 bridgehead atoms. The fourth-order valence-electron chi connectivity index (χ4n) is 1.38. The summed E-state index contributed by atoms with van der Waals surface area (Å²) in [5, 5.41) is 13.9. The van der Waals surface area contributed by atoms with Crippen molar-refractivity contribution >= 4 is 22.9 Å². The molecule has 1 atom stereocenters. The average Bonchev–Trinajstić information content (AvgIpc) is 2.87. The summed E-state index contributed by atoms with van der Waals surface area (Å²) in [4.78, 5) is 1.03. The van der Waals surface area contributed by atoms with Gasteiger partial charge >= 0.3 is 0 Å². The number of aliphatic hydroxyl groups excluding tert-OH is 1. The third-order valence-electron chi connectivity index (χ3n) is 2.15. The van der Waals surface area contributed by atoms with Gasteiger partial charge in [-0.15, -0.1) is 11.3 Å². The largest absolute Gasteiger partial charge is 0.381 e. The van der Waals surface area contributed by atoms with Crippen molar-refractivity contribution in [2.24, 2.45) is 0 Å². The van der Waals surface area contributed by atoms with Crippen molar-refractivity contribution in [2.75, 3.05) is 0 Å². The van der Waals surface area contributed by atoms with Gasteiger partial charge in [0.2, 0.25) is 0 Å². The van der Waals surface area contributed by atoms with E-state index in [-0.39, 0.29) is 0 Å². The SMILES string of the molecule is CCc1ccsc1C(O)c1ccsn1. The molecule has 1 N–H and O–H groups in total. The first kappa shape index (κ1) is 9.83. The van der Waals surface area contributed by atoms with Crippen LogP contribution in [-0.4, -0.2) is 9.48 Å². The van der Waals surface area contributed by atoms with Gasteiger partial charge in [0.15, 0.2) is 0 Å². The summed E-state index contributed by atoms with van der Waals surface area (Å²) in [6.45, 7) is 2.10. The van der Waals surface area contributed by atoms with Crippen molar-refractivity contribution in [1.29, 1.82) is 0 Å². The molecule has 14 heavy (non-hydrogen) atoms. The lowest BCUT2D eigenvalue weighted by Gasteiger charge is -2.07. The van der Waals surface area contributed by atoms with E-state index in [1.807, 2.05) is 16.8 Å². The maximum Gasteiger partial charge on any atom is 0.131 e. The van der Waals surface area contributed by atoms with Gasteiger partial charge in [-0.3, -0.25) is 0 Å². The van der Waals surface area contributed by atoms with E-state index in [2.05, 4.69) is 17.4 Å².